The molecular formula is C20H27NO6S. The van der Waals surface area contributed by atoms with Crippen molar-refractivity contribution in [2.45, 2.75) is 38.8 Å². The molecule has 0 saturated carbocycles. The van der Waals surface area contributed by atoms with E-state index in [1.54, 1.807) is 42.4 Å². The van der Waals surface area contributed by atoms with Gasteiger partial charge < -0.3 is 14.4 Å². The number of ether oxygens (including phenoxy) is 2. The van der Waals surface area contributed by atoms with Gasteiger partial charge in [-0.1, -0.05) is 19.1 Å². The van der Waals surface area contributed by atoms with Gasteiger partial charge in [-0.2, -0.15) is 0 Å². The highest BCUT2D eigenvalue weighted by Gasteiger charge is 2.36. The highest BCUT2D eigenvalue weighted by molar-refractivity contribution is 7.91. The Kier molecular flexibility index (Phi) is 7.62. The number of methoxy groups -OCH3 is 1. The highest BCUT2D eigenvalue weighted by atomic mass is 32.2. The third-order valence-corrected chi connectivity index (χ3v) is 6.57. The summed E-state index contributed by atoms with van der Waals surface area (Å²) in [4.78, 5) is 26.1. The standard InChI is InChI=1S/C20H27NO6S/c1-4-15(2)21(17-11-12-28(24,25)14-17)19(22)13-27-20(23)10-7-16-5-8-18(26-3)9-6-16/h5-10,15,17H,4,11-14H2,1-3H3/b10-7+/t15-,17-/m0/s1. The molecule has 2 atom stereocenters. The van der Waals surface area contributed by atoms with E-state index in [2.05, 4.69) is 0 Å². The average Bonchev–Trinajstić information content (AvgIpc) is 3.04. The maximum absolute atomic E-state index is 12.6. The van der Waals surface area contributed by atoms with Crippen molar-refractivity contribution in [2.24, 2.45) is 0 Å². The lowest BCUT2D eigenvalue weighted by atomic mass is 10.1. The molecule has 154 valence electrons. The minimum atomic E-state index is -3.11. The zero-order chi connectivity index (χ0) is 20.7. The molecule has 0 radical (unpaired) electrons. The molecule has 1 aromatic rings. The van der Waals surface area contributed by atoms with E-state index in [-0.39, 0.29) is 29.5 Å². The molecule has 7 nitrogen and oxygen atoms in total. The first-order chi connectivity index (χ1) is 13.3. The molecule has 2 rings (SSSR count). The quantitative estimate of drug-likeness (QED) is 0.482. The minimum absolute atomic E-state index is 0.0333. The molecule has 1 saturated heterocycles. The second-order valence-corrected chi connectivity index (χ2v) is 9.06. The summed E-state index contributed by atoms with van der Waals surface area (Å²) >= 11 is 0. The largest absolute Gasteiger partial charge is 0.497 e. The minimum Gasteiger partial charge on any atom is -0.497 e. The van der Waals surface area contributed by atoms with Crippen molar-refractivity contribution in [3.05, 3.63) is 35.9 Å². The molecule has 0 spiro atoms. The monoisotopic (exact) mass is 409 g/mol. The van der Waals surface area contributed by atoms with E-state index in [0.29, 0.717) is 18.6 Å². The molecule has 0 bridgehead atoms. The normalized spacial score (nSPS) is 19.3. The Morgan fingerprint density at radius 2 is 1.96 bits per heavy atom. The summed E-state index contributed by atoms with van der Waals surface area (Å²) < 4.78 is 33.7. The van der Waals surface area contributed by atoms with E-state index >= 15 is 0 Å². The second-order valence-electron chi connectivity index (χ2n) is 6.83. The zero-order valence-corrected chi connectivity index (χ0v) is 17.3. The number of rotatable bonds is 8. The number of amides is 1. The molecule has 28 heavy (non-hydrogen) atoms. The molecule has 0 aromatic heterocycles. The first-order valence-corrected chi connectivity index (χ1v) is 11.1. The zero-order valence-electron chi connectivity index (χ0n) is 16.5. The summed E-state index contributed by atoms with van der Waals surface area (Å²) in [6.07, 6.45) is 3.95. The van der Waals surface area contributed by atoms with Crippen molar-refractivity contribution in [3.63, 3.8) is 0 Å². The lowest BCUT2D eigenvalue weighted by Gasteiger charge is -2.33. The number of esters is 1. The molecule has 1 amide bonds. The molecule has 0 N–H and O–H groups in total. The third-order valence-electron chi connectivity index (χ3n) is 4.82. The number of carbonyl (C=O) groups excluding carboxylic acids is 2. The van der Waals surface area contributed by atoms with Crippen LogP contribution in [0.2, 0.25) is 0 Å². The first kappa shape index (κ1) is 21.9. The van der Waals surface area contributed by atoms with Gasteiger partial charge in [-0.3, -0.25) is 4.79 Å². The Balaban J connectivity index is 1.93. The van der Waals surface area contributed by atoms with Crippen LogP contribution in [-0.4, -0.2) is 62.5 Å². The Morgan fingerprint density at radius 1 is 1.29 bits per heavy atom. The van der Waals surface area contributed by atoms with Crippen LogP contribution in [0.25, 0.3) is 6.08 Å². The Morgan fingerprint density at radius 3 is 2.50 bits per heavy atom. The van der Waals surface area contributed by atoms with Crippen molar-refractivity contribution >= 4 is 27.8 Å². The van der Waals surface area contributed by atoms with Crippen LogP contribution in [0.3, 0.4) is 0 Å². The van der Waals surface area contributed by atoms with Gasteiger partial charge in [0.2, 0.25) is 0 Å². The number of nitrogens with zero attached hydrogens (tertiary/aromatic N) is 1. The second kappa shape index (κ2) is 9.73. The van der Waals surface area contributed by atoms with Gasteiger partial charge in [-0.15, -0.1) is 0 Å². The van der Waals surface area contributed by atoms with Gasteiger partial charge in [0.15, 0.2) is 16.4 Å². The molecule has 1 aliphatic rings. The van der Waals surface area contributed by atoms with Crippen LogP contribution in [-0.2, 0) is 24.2 Å². The van der Waals surface area contributed by atoms with Crippen molar-refractivity contribution in [1.82, 2.24) is 4.90 Å². The van der Waals surface area contributed by atoms with Crippen LogP contribution in [0.5, 0.6) is 5.75 Å². The number of hydrogen-bond donors (Lipinski definition) is 0. The smallest absolute Gasteiger partial charge is 0.331 e. The lowest BCUT2D eigenvalue weighted by molar-refractivity contribution is -0.150. The molecular weight excluding hydrogens is 382 g/mol. The lowest BCUT2D eigenvalue weighted by Crippen LogP contribution is -2.48. The van der Waals surface area contributed by atoms with Crippen molar-refractivity contribution in [3.8, 4) is 5.75 Å². The Hall–Kier alpha value is -2.35. The van der Waals surface area contributed by atoms with Gasteiger partial charge in [0.1, 0.15) is 5.75 Å². The van der Waals surface area contributed by atoms with E-state index < -0.39 is 22.4 Å². The predicted molar refractivity (Wildman–Crippen MR) is 107 cm³/mol. The summed E-state index contributed by atoms with van der Waals surface area (Å²) in [5, 5.41) is 0. The molecule has 8 heteroatoms. The predicted octanol–water partition coefficient (Wildman–Crippen LogP) is 2.07. The highest BCUT2D eigenvalue weighted by Crippen LogP contribution is 2.21. The van der Waals surface area contributed by atoms with Crippen molar-refractivity contribution in [1.29, 1.82) is 0 Å². The van der Waals surface area contributed by atoms with E-state index in [1.807, 2.05) is 13.8 Å². The molecule has 1 heterocycles. The van der Waals surface area contributed by atoms with Crippen molar-refractivity contribution < 1.29 is 27.5 Å². The molecule has 0 unspecified atom stereocenters. The summed E-state index contributed by atoms with van der Waals surface area (Å²) in [6, 6.07) is 6.64. The summed E-state index contributed by atoms with van der Waals surface area (Å²) in [5.74, 6) is -0.240. The van der Waals surface area contributed by atoms with Gasteiger partial charge >= 0.3 is 5.97 Å². The maximum atomic E-state index is 12.6. The summed E-state index contributed by atoms with van der Waals surface area (Å²) in [7, 11) is -1.54. The van der Waals surface area contributed by atoms with Crippen LogP contribution in [0.15, 0.2) is 30.3 Å². The van der Waals surface area contributed by atoms with E-state index in [9.17, 15) is 18.0 Å². The van der Waals surface area contributed by atoms with Gasteiger partial charge in [0.05, 0.1) is 18.6 Å². The van der Waals surface area contributed by atoms with Crippen LogP contribution in [0, 0.1) is 0 Å². The Bertz CT molecular complexity index is 816. The number of sulfone groups is 1. The molecule has 1 aromatic carbocycles. The fraction of sp³-hybridized carbons (Fsp3) is 0.500. The first-order valence-electron chi connectivity index (χ1n) is 9.26. The molecule has 1 fully saturated rings. The molecule has 1 aliphatic heterocycles. The van der Waals surface area contributed by atoms with E-state index in [1.165, 1.54) is 6.08 Å². The summed E-state index contributed by atoms with van der Waals surface area (Å²) in [6.45, 7) is 3.39. The number of benzene rings is 1. The van der Waals surface area contributed by atoms with Gasteiger partial charge in [0, 0.05) is 18.2 Å². The van der Waals surface area contributed by atoms with Crippen LogP contribution >= 0.6 is 0 Å². The number of hydrogen-bond acceptors (Lipinski definition) is 6. The number of carbonyl (C=O) groups is 2. The third kappa shape index (κ3) is 6.09. The van der Waals surface area contributed by atoms with Gasteiger partial charge in [-0.25, -0.2) is 13.2 Å². The van der Waals surface area contributed by atoms with Crippen LogP contribution in [0.1, 0.15) is 32.3 Å². The fourth-order valence-electron chi connectivity index (χ4n) is 3.14. The summed E-state index contributed by atoms with van der Waals surface area (Å²) in [5.41, 5.74) is 0.793. The Labute approximate surface area is 166 Å². The average molecular weight is 410 g/mol. The topological polar surface area (TPSA) is 90.0 Å². The van der Waals surface area contributed by atoms with Gasteiger partial charge in [0.25, 0.3) is 5.91 Å². The van der Waals surface area contributed by atoms with Gasteiger partial charge in [-0.05, 0) is 43.5 Å². The maximum Gasteiger partial charge on any atom is 0.331 e. The fourth-order valence-corrected chi connectivity index (χ4v) is 4.85. The van der Waals surface area contributed by atoms with Crippen LogP contribution in [0.4, 0.5) is 0 Å². The van der Waals surface area contributed by atoms with E-state index in [4.69, 9.17) is 9.47 Å². The SMILES string of the molecule is CC[C@H](C)N(C(=O)COC(=O)/C=C/c1ccc(OC)cc1)[C@H]1CCS(=O)(=O)C1. The van der Waals surface area contributed by atoms with Crippen molar-refractivity contribution in [2.75, 3.05) is 25.2 Å². The molecule has 0 aliphatic carbocycles. The van der Waals surface area contributed by atoms with E-state index in [0.717, 1.165) is 5.56 Å². The van der Waals surface area contributed by atoms with Crippen LogP contribution < -0.4 is 4.74 Å².